The van der Waals surface area contributed by atoms with E-state index in [1.165, 1.54) is 6.92 Å². The van der Waals surface area contributed by atoms with Crippen LogP contribution in [-0.2, 0) is 16.1 Å². The number of carbonyl (C=O) groups is 2. The molecular formula is C14H20BrNO3Si. The Morgan fingerprint density at radius 2 is 1.95 bits per heavy atom. The van der Waals surface area contributed by atoms with Crippen LogP contribution in [0.2, 0.25) is 19.6 Å². The first-order chi connectivity index (χ1) is 9.19. The number of rotatable bonds is 5. The third-order valence-corrected chi connectivity index (χ3v) is 4.50. The minimum atomic E-state index is -1.30. The third-order valence-electron chi connectivity index (χ3n) is 2.53. The molecule has 0 aromatic heterocycles. The standard InChI is InChI=1S/C14H20BrNO3Si/c1-10(17)19-8-12-6-5-11(7-13(12)15)14(18)16-9-20(2,3)4/h5-7H,8-9H2,1-4H3,(H,16,18). The molecule has 1 aromatic rings. The molecule has 0 radical (unpaired) electrons. The average Bonchev–Trinajstić information content (AvgIpc) is 2.33. The smallest absolute Gasteiger partial charge is 0.302 e. The molecule has 6 heteroatoms. The number of hydrogen-bond acceptors (Lipinski definition) is 3. The Hall–Kier alpha value is -1.14. The second-order valence-electron chi connectivity index (χ2n) is 5.83. The zero-order chi connectivity index (χ0) is 15.3. The first-order valence-corrected chi connectivity index (χ1v) is 10.9. The van der Waals surface area contributed by atoms with E-state index in [1.807, 2.05) is 0 Å². The predicted octanol–water partition coefficient (Wildman–Crippen LogP) is 3.12. The van der Waals surface area contributed by atoms with Crippen molar-refractivity contribution in [2.75, 3.05) is 6.17 Å². The van der Waals surface area contributed by atoms with Gasteiger partial charge in [-0.1, -0.05) is 41.6 Å². The summed E-state index contributed by atoms with van der Waals surface area (Å²) in [4.78, 5) is 22.8. The van der Waals surface area contributed by atoms with Gasteiger partial charge in [-0.2, -0.15) is 0 Å². The van der Waals surface area contributed by atoms with Gasteiger partial charge in [-0.05, 0) is 12.1 Å². The molecule has 0 spiro atoms. The van der Waals surface area contributed by atoms with Gasteiger partial charge in [-0.3, -0.25) is 9.59 Å². The molecule has 0 aliphatic heterocycles. The number of carbonyl (C=O) groups excluding carboxylic acids is 2. The first kappa shape index (κ1) is 16.9. The molecule has 0 bridgehead atoms. The molecule has 1 rings (SSSR count). The van der Waals surface area contributed by atoms with Crippen LogP contribution in [0.5, 0.6) is 0 Å². The fraction of sp³-hybridized carbons (Fsp3) is 0.429. The maximum absolute atomic E-state index is 12.0. The lowest BCUT2D eigenvalue weighted by Gasteiger charge is -2.16. The summed E-state index contributed by atoms with van der Waals surface area (Å²) in [6, 6.07) is 5.28. The maximum Gasteiger partial charge on any atom is 0.302 e. The molecular weight excluding hydrogens is 338 g/mol. The van der Waals surface area contributed by atoms with E-state index in [4.69, 9.17) is 4.74 Å². The monoisotopic (exact) mass is 357 g/mol. The number of nitrogens with one attached hydrogen (secondary N) is 1. The molecule has 0 unspecified atom stereocenters. The van der Waals surface area contributed by atoms with Crippen molar-refractivity contribution in [2.24, 2.45) is 0 Å². The second-order valence-corrected chi connectivity index (χ2v) is 12.2. The van der Waals surface area contributed by atoms with E-state index < -0.39 is 8.07 Å². The van der Waals surface area contributed by atoms with Crippen LogP contribution < -0.4 is 5.32 Å². The Morgan fingerprint density at radius 3 is 2.45 bits per heavy atom. The van der Waals surface area contributed by atoms with Crippen LogP contribution in [0.4, 0.5) is 0 Å². The molecule has 0 atom stereocenters. The van der Waals surface area contributed by atoms with Crippen molar-refractivity contribution < 1.29 is 14.3 Å². The van der Waals surface area contributed by atoms with Crippen LogP contribution in [-0.4, -0.2) is 26.1 Å². The summed E-state index contributed by atoms with van der Waals surface area (Å²) < 4.78 is 5.70. The number of hydrogen-bond donors (Lipinski definition) is 1. The van der Waals surface area contributed by atoms with Gasteiger partial charge in [0.25, 0.3) is 5.91 Å². The van der Waals surface area contributed by atoms with Crippen LogP contribution in [0.1, 0.15) is 22.8 Å². The van der Waals surface area contributed by atoms with Crippen molar-refractivity contribution in [1.29, 1.82) is 0 Å². The van der Waals surface area contributed by atoms with Crippen molar-refractivity contribution in [1.82, 2.24) is 5.32 Å². The number of halogens is 1. The van der Waals surface area contributed by atoms with Crippen molar-refractivity contribution >= 4 is 35.9 Å². The van der Waals surface area contributed by atoms with E-state index in [0.717, 1.165) is 16.2 Å². The highest BCUT2D eigenvalue weighted by Gasteiger charge is 2.15. The number of esters is 1. The minimum Gasteiger partial charge on any atom is -0.461 e. The molecule has 0 saturated heterocycles. The van der Waals surface area contributed by atoms with Crippen molar-refractivity contribution in [3.63, 3.8) is 0 Å². The fourth-order valence-electron chi connectivity index (χ4n) is 1.43. The summed E-state index contributed by atoms with van der Waals surface area (Å²) in [5.74, 6) is -0.402. The van der Waals surface area contributed by atoms with Gasteiger partial charge < -0.3 is 10.1 Å². The summed E-state index contributed by atoms with van der Waals surface area (Å²) in [7, 11) is -1.30. The highest BCUT2D eigenvalue weighted by Crippen LogP contribution is 2.19. The van der Waals surface area contributed by atoms with E-state index in [9.17, 15) is 9.59 Å². The van der Waals surface area contributed by atoms with E-state index in [2.05, 4.69) is 40.9 Å². The molecule has 0 heterocycles. The number of benzene rings is 1. The van der Waals surface area contributed by atoms with E-state index >= 15 is 0 Å². The topological polar surface area (TPSA) is 55.4 Å². The second kappa shape index (κ2) is 7.03. The highest BCUT2D eigenvalue weighted by molar-refractivity contribution is 9.10. The maximum atomic E-state index is 12.0. The fourth-order valence-corrected chi connectivity index (χ4v) is 2.62. The Labute approximate surface area is 129 Å². The minimum absolute atomic E-state index is 0.0767. The Bertz CT molecular complexity index is 512. The SMILES string of the molecule is CC(=O)OCc1ccc(C(=O)NC[Si](C)(C)C)cc1Br. The Morgan fingerprint density at radius 1 is 1.30 bits per heavy atom. The summed E-state index contributed by atoms with van der Waals surface area (Å²) in [5.41, 5.74) is 1.43. The van der Waals surface area contributed by atoms with Gasteiger partial charge in [0.05, 0.1) is 8.07 Å². The summed E-state index contributed by atoms with van der Waals surface area (Å²) >= 11 is 3.39. The zero-order valence-corrected chi connectivity index (χ0v) is 14.8. The van der Waals surface area contributed by atoms with Gasteiger partial charge >= 0.3 is 5.97 Å². The van der Waals surface area contributed by atoms with Crippen LogP contribution in [0, 0.1) is 0 Å². The summed E-state index contributed by atoms with van der Waals surface area (Å²) in [6.45, 7) is 8.17. The van der Waals surface area contributed by atoms with Crippen molar-refractivity contribution in [3.05, 3.63) is 33.8 Å². The van der Waals surface area contributed by atoms with Crippen LogP contribution in [0.3, 0.4) is 0 Å². The lowest BCUT2D eigenvalue weighted by atomic mass is 10.1. The van der Waals surface area contributed by atoms with Gasteiger partial charge in [0.2, 0.25) is 0 Å². The molecule has 110 valence electrons. The predicted molar refractivity (Wildman–Crippen MR) is 85.3 cm³/mol. The van der Waals surface area contributed by atoms with Gasteiger partial charge in [-0.25, -0.2) is 0 Å². The molecule has 0 saturated carbocycles. The highest BCUT2D eigenvalue weighted by atomic mass is 79.9. The first-order valence-electron chi connectivity index (χ1n) is 6.39. The Balaban J connectivity index is 2.71. The largest absolute Gasteiger partial charge is 0.461 e. The van der Waals surface area contributed by atoms with Crippen LogP contribution >= 0.6 is 15.9 Å². The number of ether oxygens (including phenoxy) is 1. The van der Waals surface area contributed by atoms with E-state index in [1.54, 1.807) is 18.2 Å². The Kier molecular flexibility index (Phi) is 5.95. The van der Waals surface area contributed by atoms with E-state index in [0.29, 0.717) is 5.56 Å². The summed E-state index contributed by atoms with van der Waals surface area (Å²) in [6.07, 6.45) is 0.749. The molecule has 1 aromatic carbocycles. The van der Waals surface area contributed by atoms with Crippen LogP contribution in [0.15, 0.2) is 22.7 Å². The van der Waals surface area contributed by atoms with E-state index in [-0.39, 0.29) is 18.5 Å². The molecule has 0 fully saturated rings. The molecule has 0 aliphatic rings. The van der Waals surface area contributed by atoms with Crippen molar-refractivity contribution in [2.45, 2.75) is 33.2 Å². The van der Waals surface area contributed by atoms with Gasteiger partial charge in [-0.15, -0.1) is 0 Å². The quantitative estimate of drug-likeness (QED) is 0.650. The van der Waals surface area contributed by atoms with Crippen molar-refractivity contribution in [3.8, 4) is 0 Å². The molecule has 1 amide bonds. The molecule has 1 N–H and O–H groups in total. The molecule has 0 aliphatic carbocycles. The van der Waals surface area contributed by atoms with Gasteiger partial charge in [0, 0.05) is 28.7 Å². The third kappa shape index (κ3) is 5.88. The van der Waals surface area contributed by atoms with Gasteiger partial charge in [0.15, 0.2) is 0 Å². The van der Waals surface area contributed by atoms with Crippen LogP contribution in [0.25, 0.3) is 0 Å². The zero-order valence-electron chi connectivity index (χ0n) is 12.2. The van der Waals surface area contributed by atoms with Gasteiger partial charge in [0.1, 0.15) is 6.61 Å². The lowest BCUT2D eigenvalue weighted by molar-refractivity contribution is -0.142. The lowest BCUT2D eigenvalue weighted by Crippen LogP contribution is -2.39. The summed E-state index contributed by atoms with van der Waals surface area (Å²) in [5, 5.41) is 2.95. The molecule has 4 nitrogen and oxygen atoms in total. The average molecular weight is 358 g/mol. The number of amides is 1. The molecule has 20 heavy (non-hydrogen) atoms. The normalized spacial score (nSPS) is 11.1.